The number of amides is 1. The maximum absolute atomic E-state index is 14.3. The Kier molecular flexibility index (Phi) is 6.97. The van der Waals surface area contributed by atoms with E-state index in [2.05, 4.69) is 10.0 Å². The Hall–Kier alpha value is -3.03. The van der Waals surface area contributed by atoms with E-state index in [-0.39, 0.29) is 12.1 Å². The number of hydrogen-bond donors (Lipinski definition) is 2. The smallest absolute Gasteiger partial charge is 0.255 e. The zero-order valence-electron chi connectivity index (χ0n) is 16.6. The van der Waals surface area contributed by atoms with Gasteiger partial charge < -0.3 is 5.32 Å². The quantitative estimate of drug-likeness (QED) is 0.568. The van der Waals surface area contributed by atoms with Gasteiger partial charge in [-0.3, -0.25) is 4.79 Å². The molecule has 0 radical (unpaired) electrons. The third kappa shape index (κ3) is 5.31. The van der Waals surface area contributed by atoms with Crippen molar-refractivity contribution < 1.29 is 17.6 Å². The molecule has 0 atom stereocenters. The van der Waals surface area contributed by atoms with Gasteiger partial charge in [0.25, 0.3) is 5.91 Å². The average molecular weight is 427 g/mol. The highest BCUT2D eigenvalue weighted by Gasteiger charge is 2.21. The molecular formula is C23H23FN2O3S. The summed E-state index contributed by atoms with van der Waals surface area (Å²) >= 11 is 0. The number of halogens is 1. The fourth-order valence-corrected chi connectivity index (χ4v) is 4.18. The van der Waals surface area contributed by atoms with Gasteiger partial charge in [-0.25, -0.2) is 17.5 Å². The summed E-state index contributed by atoms with van der Waals surface area (Å²) in [5.74, 6) is -1.41. The van der Waals surface area contributed by atoms with Crippen LogP contribution in [0.3, 0.4) is 0 Å². The van der Waals surface area contributed by atoms with Crippen molar-refractivity contribution in [2.75, 3.05) is 11.9 Å². The first-order valence-corrected chi connectivity index (χ1v) is 11.1. The minimum Gasteiger partial charge on any atom is -0.322 e. The van der Waals surface area contributed by atoms with E-state index in [0.717, 1.165) is 29.7 Å². The van der Waals surface area contributed by atoms with Crippen LogP contribution < -0.4 is 10.0 Å². The molecule has 0 bridgehead atoms. The SMILES string of the molecule is CCc1ccccc1NC(=O)c1ccc(F)c(S(=O)(=O)NCCc2ccccc2)c1. The van der Waals surface area contributed by atoms with Gasteiger partial charge in [-0.15, -0.1) is 0 Å². The molecule has 0 heterocycles. The summed E-state index contributed by atoms with van der Waals surface area (Å²) in [7, 11) is -4.11. The number of rotatable bonds is 8. The summed E-state index contributed by atoms with van der Waals surface area (Å²) in [5, 5.41) is 2.76. The first kappa shape index (κ1) is 21.7. The first-order valence-electron chi connectivity index (χ1n) is 9.63. The molecular weight excluding hydrogens is 403 g/mol. The van der Waals surface area contributed by atoms with Crippen molar-refractivity contribution in [1.82, 2.24) is 4.72 Å². The van der Waals surface area contributed by atoms with Gasteiger partial charge in [-0.1, -0.05) is 55.5 Å². The second-order valence-electron chi connectivity index (χ2n) is 6.74. The van der Waals surface area contributed by atoms with Crippen LogP contribution in [0, 0.1) is 5.82 Å². The summed E-state index contributed by atoms with van der Waals surface area (Å²) in [4.78, 5) is 12.1. The van der Waals surface area contributed by atoms with Crippen LogP contribution in [0.1, 0.15) is 28.4 Å². The number of aryl methyl sites for hydroxylation is 1. The van der Waals surface area contributed by atoms with Gasteiger partial charge in [-0.05, 0) is 48.2 Å². The van der Waals surface area contributed by atoms with Gasteiger partial charge in [0.05, 0.1) is 0 Å². The molecule has 0 saturated heterocycles. The lowest BCUT2D eigenvalue weighted by Crippen LogP contribution is -2.27. The average Bonchev–Trinajstić information content (AvgIpc) is 2.75. The monoisotopic (exact) mass is 426 g/mol. The summed E-state index contributed by atoms with van der Waals surface area (Å²) in [6.07, 6.45) is 1.19. The first-order chi connectivity index (χ1) is 14.4. The van der Waals surface area contributed by atoms with E-state index in [9.17, 15) is 17.6 Å². The number of anilines is 1. The number of benzene rings is 3. The fourth-order valence-electron chi connectivity index (χ4n) is 3.05. The highest BCUT2D eigenvalue weighted by molar-refractivity contribution is 7.89. The summed E-state index contributed by atoms with van der Waals surface area (Å²) in [5.41, 5.74) is 2.61. The lowest BCUT2D eigenvalue weighted by molar-refractivity contribution is 0.102. The Morgan fingerprint density at radius 1 is 0.967 bits per heavy atom. The molecule has 0 aliphatic carbocycles. The van der Waals surface area contributed by atoms with E-state index in [0.29, 0.717) is 12.1 Å². The van der Waals surface area contributed by atoms with E-state index in [1.807, 2.05) is 49.4 Å². The Bertz CT molecular complexity index is 1130. The molecule has 0 aliphatic rings. The number of sulfonamides is 1. The van der Waals surface area contributed by atoms with Crippen molar-refractivity contribution in [3.63, 3.8) is 0 Å². The van der Waals surface area contributed by atoms with Crippen LogP contribution in [0.5, 0.6) is 0 Å². The fraction of sp³-hybridized carbons (Fsp3) is 0.174. The summed E-state index contributed by atoms with van der Waals surface area (Å²) in [6.45, 7) is 2.08. The van der Waals surface area contributed by atoms with Crippen molar-refractivity contribution in [2.45, 2.75) is 24.7 Å². The zero-order valence-corrected chi connectivity index (χ0v) is 17.4. The number of carbonyl (C=O) groups is 1. The predicted octanol–water partition coefficient (Wildman–Crippen LogP) is 4.16. The van der Waals surface area contributed by atoms with E-state index in [1.54, 1.807) is 12.1 Å². The maximum Gasteiger partial charge on any atom is 0.255 e. The van der Waals surface area contributed by atoms with E-state index < -0.39 is 26.6 Å². The van der Waals surface area contributed by atoms with E-state index in [1.165, 1.54) is 6.07 Å². The molecule has 156 valence electrons. The molecule has 7 heteroatoms. The molecule has 0 aliphatic heterocycles. The van der Waals surface area contributed by atoms with Gasteiger partial charge >= 0.3 is 0 Å². The highest BCUT2D eigenvalue weighted by atomic mass is 32.2. The van der Waals surface area contributed by atoms with Gasteiger partial charge in [0.2, 0.25) is 10.0 Å². The Morgan fingerprint density at radius 2 is 1.67 bits per heavy atom. The van der Waals surface area contributed by atoms with Gasteiger partial charge in [-0.2, -0.15) is 0 Å². The molecule has 30 heavy (non-hydrogen) atoms. The summed E-state index contributed by atoms with van der Waals surface area (Å²) in [6, 6.07) is 20.0. The van der Waals surface area contributed by atoms with Crippen molar-refractivity contribution >= 4 is 21.6 Å². The predicted molar refractivity (Wildman–Crippen MR) is 116 cm³/mol. The molecule has 0 aromatic heterocycles. The Balaban J connectivity index is 1.75. The topological polar surface area (TPSA) is 75.3 Å². The van der Waals surface area contributed by atoms with Crippen LogP contribution in [0.25, 0.3) is 0 Å². The van der Waals surface area contributed by atoms with Gasteiger partial charge in [0.1, 0.15) is 10.7 Å². The van der Waals surface area contributed by atoms with Crippen LogP contribution >= 0.6 is 0 Å². The third-order valence-electron chi connectivity index (χ3n) is 4.68. The minimum absolute atomic E-state index is 0.0609. The van der Waals surface area contributed by atoms with E-state index in [4.69, 9.17) is 0 Å². The Morgan fingerprint density at radius 3 is 2.40 bits per heavy atom. The largest absolute Gasteiger partial charge is 0.322 e. The normalized spacial score (nSPS) is 11.3. The van der Waals surface area contributed by atoms with Crippen molar-refractivity contribution in [2.24, 2.45) is 0 Å². The molecule has 1 amide bonds. The lowest BCUT2D eigenvalue weighted by atomic mass is 10.1. The maximum atomic E-state index is 14.3. The molecule has 0 fully saturated rings. The van der Waals surface area contributed by atoms with E-state index >= 15 is 0 Å². The van der Waals surface area contributed by atoms with Crippen molar-refractivity contribution in [3.05, 3.63) is 95.3 Å². The summed E-state index contributed by atoms with van der Waals surface area (Å²) < 4.78 is 41.9. The highest BCUT2D eigenvalue weighted by Crippen LogP contribution is 2.20. The van der Waals surface area contributed by atoms with Gasteiger partial charge in [0.15, 0.2) is 0 Å². The molecule has 5 nitrogen and oxygen atoms in total. The standard InChI is InChI=1S/C23H23FN2O3S/c1-2-18-10-6-7-11-21(18)26-23(27)19-12-13-20(24)22(16-19)30(28,29)25-15-14-17-8-4-3-5-9-17/h3-13,16,25H,2,14-15H2,1H3,(H,26,27). The number of hydrogen-bond acceptors (Lipinski definition) is 3. The lowest BCUT2D eigenvalue weighted by Gasteiger charge is -2.12. The zero-order chi connectivity index (χ0) is 21.6. The number of para-hydroxylation sites is 1. The van der Waals surface area contributed by atoms with Crippen LogP contribution in [0.2, 0.25) is 0 Å². The van der Waals surface area contributed by atoms with Crippen LogP contribution in [-0.4, -0.2) is 20.9 Å². The second-order valence-corrected chi connectivity index (χ2v) is 8.48. The van der Waals surface area contributed by atoms with Crippen LogP contribution in [0.15, 0.2) is 77.7 Å². The molecule has 0 unspecified atom stereocenters. The van der Waals surface area contributed by atoms with Gasteiger partial charge in [0, 0.05) is 17.8 Å². The number of nitrogens with one attached hydrogen (secondary N) is 2. The molecule has 0 spiro atoms. The number of carbonyl (C=O) groups excluding carboxylic acids is 1. The second kappa shape index (κ2) is 9.65. The third-order valence-corrected chi connectivity index (χ3v) is 6.15. The minimum atomic E-state index is -4.11. The molecule has 2 N–H and O–H groups in total. The Labute approximate surface area is 176 Å². The van der Waals surface area contributed by atoms with Crippen LogP contribution in [0.4, 0.5) is 10.1 Å². The molecule has 0 saturated carbocycles. The van der Waals surface area contributed by atoms with Crippen molar-refractivity contribution in [1.29, 1.82) is 0 Å². The van der Waals surface area contributed by atoms with Crippen LogP contribution in [-0.2, 0) is 22.9 Å². The molecule has 3 aromatic rings. The van der Waals surface area contributed by atoms with Crippen molar-refractivity contribution in [3.8, 4) is 0 Å². The molecule has 3 rings (SSSR count). The molecule has 3 aromatic carbocycles.